The van der Waals surface area contributed by atoms with Crippen molar-refractivity contribution in [2.45, 2.75) is 26.3 Å². The predicted molar refractivity (Wildman–Crippen MR) is 88.0 cm³/mol. The van der Waals surface area contributed by atoms with Crippen molar-refractivity contribution in [3.05, 3.63) is 23.8 Å². The van der Waals surface area contributed by atoms with Crippen molar-refractivity contribution in [1.82, 2.24) is 15.5 Å². The lowest BCUT2D eigenvalue weighted by molar-refractivity contribution is -0.134. The van der Waals surface area contributed by atoms with Gasteiger partial charge in [0.15, 0.2) is 11.5 Å². The number of hydrogen-bond donors (Lipinski definition) is 2. The van der Waals surface area contributed by atoms with Crippen LogP contribution in [0.25, 0.3) is 0 Å². The third-order valence-corrected chi connectivity index (χ3v) is 4.23. The van der Waals surface area contributed by atoms with E-state index in [9.17, 15) is 14.4 Å². The molecule has 3 rings (SSSR count). The fourth-order valence-corrected chi connectivity index (χ4v) is 2.76. The SMILES string of the molecule is CC(C)CNC(=O)CN1C(=O)N[C@@](C)(c2ccc3c(c2)OCO3)C1=O. The Morgan fingerprint density at radius 3 is 2.76 bits per heavy atom. The molecule has 0 aliphatic carbocycles. The molecule has 8 nitrogen and oxygen atoms in total. The van der Waals surface area contributed by atoms with Crippen molar-refractivity contribution in [2.24, 2.45) is 5.92 Å². The second kappa shape index (κ2) is 6.27. The lowest BCUT2D eigenvalue weighted by atomic mass is 9.91. The van der Waals surface area contributed by atoms with Gasteiger partial charge in [0.2, 0.25) is 12.7 Å². The summed E-state index contributed by atoms with van der Waals surface area (Å²) in [7, 11) is 0. The lowest BCUT2D eigenvalue weighted by Crippen LogP contribution is -2.43. The van der Waals surface area contributed by atoms with Crippen LogP contribution in [-0.2, 0) is 15.1 Å². The molecule has 2 aliphatic heterocycles. The summed E-state index contributed by atoms with van der Waals surface area (Å²) in [6.07, 6.45) is 0. The van der Waals surface area contributed by atoms with Crippen LogP contribution in [0, 0.1) is 5.92 Å². The monoisotopic (exact) mass is 347 g/mol. The highest BCUT2D eigenvalue weighted by atomic mass is 16.7. The Labute approximate surface area is 145 Å². The largest absolute Gasteiger partial charge is 0.454 e. The number of ether oxygens (including phenoxy) is 2. The molecule has 8 heteroatoms. The minimum Gasteiger partial charge on any atom is -0.454 e. The number of nitrogens with one attached hydrogen (secondary N) is 2. The minimum atomic E-state index is -1.25. The van der Waals surface area contributed by atoms with Crippen LogP contribution in [0.1, 0.15) is 26.3 Å². The van der Waals surface area contributed by atoms with E-state index in [1.54, 1.807) is 25.1 Å². The molecule has 1 saturated heterocycles. The van der Waals surface area contributed by atoms with Crippen molar-refractivity contribution in [3.63, 3.8) is 0 Å². The van der Waals surface area contributed by atoms with E-state index >= 15 is 0 Å². The van der Waals surface area contributed by atoms with Crippen LogP contribution in [-0.4, -0.2) is 42.6 Å². The first kappa shape index (κ1) is 17.1. The first-order valence-corrected chi connectivity index (χ1v) is 8.12. The molecule has 1 atom stereocenters. The molecule has 1 aromatic rings. The Morgan fingerprint density at radius 1 is 1.32 bits per heavy atom. The number of carbonyl (C=O) groups is 3. The fraction of sp³-hybridized carbons (Fsp3) is 0.471. The van der Waals surface area contributed by atoms with E-state index in [0.717, 1.165) is 4.90 Å². The van der Waals surface area contributed by atoms with E-state index in [1.807, 2.05) is 13.8 Å². The number of urea groups is 1. The van der Waals surface area contributed by atoms with Gasteiger partial charge in [-0.1, -0.05) is 19.9 Å². The van der Waals surface area contributed by atoms with Crippen LogP contribution >= 0.6 is 0 Å². The molecule has 0 bridgehead atoms. The molecule has 1 aromatic carbocycles. The van der Waals surface area contributed by atoms with E-state index in [2.05, 4.69) is 10.6 Å². The van der Waals surface area contributed by atoms with E-state index in [1.165, 1.54) is 0 Å². The lowest BCUT2D eigenvalue weighted by Gasteiger charge is -2.22. The molecule has 0 unspecified atom stereocenters. The molecular formula is C17H21N3O5. The highest BCUT2D eigenvalue weighted by molar-refractivity contribution is 6.09. The third-order valence-electron chi connectivity index (χ3n) is 4.23. The highest BCUT2D eigenvalue weighted by Gasteiger charge is 2.49. The van der Waals surface area contributed by atoms with Crippen molar-refractivity contribution < 1.29 is 23.9 Å². The molecule has 2 heterocycles. The number of benzene rings is 1. The van der Waals surface area contributed by atoms with Crippen LogP contribution in [0.4, 0.5) is 4.79 Å². The average molecular weight is 347 g/mol. The number of imide groups is 1. The van der Waals surface area contributed by atoms with Gasteiger partial charge in [-0.15, -0.1) is 0 Å². The Bertz CT molecular complexity index is 733. The Balaban J connectivity index is 1.77. The van der Waals surface area contributed by atoms with Gasteiger partial charge in [0.05, 0.1) is 0 Å². The summed E-state index contributed by atoms with van der Waals surface area (Å²) in [6.45, 7) is 5.84. The summed E-state index contributed by atoms with van der Waals surface area (Å²) in [4.78, 5) is 37.9. The van der Waals surface area contributed by atoms with E-state index in [4.69, 9.17) is 9.47 Å². The molecule has 0 saturated carbocycles. The first-order valence-electron chi connectivity index (χ1n) is 8.12. The zero-order valence-corrected chi connectivity index (χ0v) is 14.4. The zero-order chi connectivity index (χ0) is 18.2. The summed E-state index contributed by atoms with van der Waals surface area (Å²) < 4.78 is 10.6. The number of carbonyl (C=O) groups excluding carboxylic acids is 3. The molecule has 134 valence electrons. The smallest absolute Gasteiger partial charge is 0.325 e. The topological polar surface area (TPSA) is 97.0 Å². The first-order chi connectivity index (χ1) is 11.8. The molecular weight excluding hydrogens is 326 g/mol. The molecule has 4 amide bonds. The maximum absolute atomic E-state index is 12.8. The van der Waals surface area contributed by atoms with Gasteiger partial charge in [0.1, 0.15) is 12.1 Å². The Kier molecular flexibility index (Phi) is 4.28. The summed E-state index contributed by atoms with van der Waals surface area (Å²) in [6, 6.07) is 4.47. The molecule has 25 heavy (non-hydrogen) atoms. The van der Waals surface area contributed by atoms with Crippen molar-refractivity contribution in [2.75, 3.05) is 19.9 Å². The van der Waals surface area contributed by atoms with Crippen LogP contribution in [0.2, 0.25) is 0 Å². The molecule has 2 N–H and O–H groups in total. The van der Waals surface area contributed by atoms with Gasteiger partial charge < -0.3 is 20.1 Å². The van der Waals surface area contributed by atoms with E-state index in [0.29, 0.717) is 23.6 Å². The van der Waals surface area contributed by atoms with Crippen LogP contribution in [0.5, 0.6) is 11.5 Å². The summed E-state index contributed by atoms with van der Waals surface area (Å²) in [5, 5.41) is 5.37. The van der Waals surface area contributed by atoms with Crippen molar-refractivity contribution in [3.8, 4) is 11.5 Å². The Morgan fingerprint density at radius 2 is 2.04 bits per heavy atom. The van der Waals surface area contributed by atoms with Gasteiger partial charge in [0, 0.05) is 6.54 Å². The molecule has 0 spiro atoms. The minimum absolute atomic E-state index is 0.123. The van der Waals surface area contributed by atoms with Crippen LogP contribution in [0.15, 0.2) is 18.2 Å². The number of nitrogens with zero attached hydrogens (tertiary/aromatic N) is 1. The van der Waals surface area contributed by atoms with Crippen LogP contribution in [0.3, 0.4) is 0 Å². The number of amides is 4. The third kappa shape index (κ3) is 3.11. The summed E-state index contributed by atoms with van der Waals surface area (Å²) >= 11 is 0. The quantitative estimate of drug-likeness (QED) is 0.773. The summed E-state index contributed by atoms with van der Waals surface area (Å²) in [5.41, 5.74) is -0.684. The molecule has 1 fully saturated rings. The predicted octanol–water partition coefficient (Wildman–Crippen LogP) is 0.954. The average Bonchev–Trinajstić information content (AvgIpc) is 3.11. The number of hydrogen-bond acceptors (Lipinski definition) is 5. The van der Waals surface area contributed by atoms with Gasteiger partial charge in [-0.2, -0.15) is 0 Å². The van der Waals surface area contributed by atoms with E-state index < -0.39 is 17.5 Å². The molecule has 2 aliphatic rings. The fourth-order valence-electron chi connectivity index (χ4n) is 2.76. The van der Waals surface area contributed by atoms with Gasteiger partial charge >= 0.3 is 6.03 Å². The van der Waals surface area contributed by atoms with Gasteiger partial charge in [-0.05, 0) is 30.5 Å². The molecule has 0 aromatic heterocycles. The Hall–Kier alpha value is -2.77. The maximum Gasteiger partial charge on any atom is 0.325 e. The molecule has 0 radical (unpaired) electrons. The normalized spacial score (nSPS) is 21.7. The van der Waals surface area contributed by atoms with Crippen molar-refractivity contribution >= 4 is 17.8 Å². The standard InChI is InChI=1S/C17H21N3O5/c1-10(2)7-18-14(21)8-20-15(22)17(3,19-16(20)23)11-4-5-12-13(6-11)25-9-24-12/h4-6,10H,7-9H2,1-3H3,(H,18,21)(H,19,23)/t17-/m0/s1. The van der Waals surface area contributed by atoms with E-state index in [-0.39, 0.29) is 25.2 Å². The number of fused-ring (bicyclic) bond motifs is 1. The van der Waals surface area contributed by atoms with Crippen molar-refractivity contribution in [1.29, 1.82) is 0 Å². The van der Waals surface area contributed by atoms with Gasteiger partial charge in [0.25, 0.3) is 5.91 Å². The second-order valence-electron chi connectivity index (χ2n) is 6.71. The van der Waals surface area contributed by atoms with Crippen LogP contribution < -0.4 is 20.1 Å². The zero-order valence-electron chi connectivity index (χ0n) is 14.4. The maximum atomic E-state index is 12.8. The summed E-state index contributed by atoms with van der Waals surface area (Å²) in [5.74, 6) is 0.553. The second-order valence-corrected chi connectivity index (χ2v) is 6.71. The van der Waals surface area contributed by atoms with Gasteiger partial charge in [-0.3, -0.25) is 14.5 Å². The highest BCUT2D eigenvalue weighted by Crippen LogP contribution is 2.37. The number of rotatable bonds is 5. The van der Waals surface area contributed by atoms with Gasteiger partial charge in [-0.25, -0.2) is 4.79 Å².